The van der Waals surface area contributed by atoms with Gasteiger partial charge >= 0.3 is 5.97 Å². The van der Waals surface area contributed by atoms with Crippen LogP contribution in [0.2, 0.25) is 0 Å². The molecule has 0 bridgehead atoms. The van der Waals surface area contributed by atoms with Gasteiger partial charge in [-0.2, -0.15) is 5.10 Å². The number of amides is 1. The Morgan fingerprint density at radius 2 is 2.15 bits per heavy atom. The van der Waals surface area contributed by atoms with Crippen molar-refractivity contribution in [1.29, 1.82) is 0 Å². The number of thiophene rings is 1. The second-order valence-corrected chi connectivity index (χ2v) is 4.97. The summed E-state index contributed by atoms with van der Waals surface area (Å²) < 4.78 is 1.54. The number of nitrogens with one attached hydrogen (secondary N) is 1. The Labute approximate surface area is 116 Å². The van der Waals surface area contributed by atoms with Gasteiger partial charge in [0.2, 0.25) is 0 Å². The van der Waals surface area contributed by atoms with Crippen molar-refractivity contribution in [3.05, 3.63) is 47.4 Å². The second kappa shape index (κ2) is 4.74. The van der Waals surface area contributed by atoms with Gasteiger partial charge in [-0.1, -0.05) is 0 Å². The number of aromatic carboxylic acids is 1. The third-order valence-corrected chi connectivity index (χ3v) is 3.61. The Hall–Kier alpha value is -2.74. The van der Waals surface area contributed by atoms with Crippen LogP contribution in [-0.2, 0) is 0 Å². The van der Waals surface area contributed by atoms with E-state index in [0.29, 0.717) is 16.1 Å². The zero-order valence-corrected chi connectivity index (χ0v) is 10.8. The van der Waals surface area contributed by atoms with Gasteiger partial charge in [0.15, 0.2) is 0 Å². The fourth-order valence-corrected chi connectivity index (χ4v) is 2.45. The Bertz CT molecular complexity index is 808. The van der Waals surface area contributed by atoms with Gasteiger partial charge in [-0.3, -0.25) is 9.78 Å². The maximum Gasteiger partial charge on any atom is 0.345 e. The minimum atomic E-state index is -1.02. The molecule has 0 aromatic carbocycles. The van der Waals surface area contributed by atoms with E-state index in [2.05, 4.69) is 15.4 Å². The molecule has 0 aliphatic heterocycles. The number of anilines is 1. The van der Waals surface area contributed by atoms with Crippen molar-refractivity contribution in [3.63, 3.8) is 0 Å². The largest absolute Gasteiger partial charge is 0.477 e. The number of rotatable bonds is 3. The highest BCUT2D eigenvalue weighted by molar-refractivity contribution is 7.18. The molecular formula is C12H8N4O3S. The van der Waals surface area contributed by atoms with Crippen molar-refractivity contribution in [2.24, 2.45) is 0 Å². The van der Waals surface area contributed by atoms with Gasteiger partial charge in [-0.05, 0) is 12.1 Å². The quantitative estimate of drug-likeness (QED) is 0.765. The summed E-state index contributed by atoms with van der Waals surface area (Å²) in [5.41, 5.74) is 0.961. The van der Waals surface area contributed by atoms with E-state index in [1.165, 1.54) is 12.3 Å². The maximum atomic E-state index is 12.1. The summed E-state index contributed by atoms with van der Waals surface area (Å²) in [4.78, 5) is 27.0. The molecule has 0 saturated heterocycles. The molecule has 100 valence electrons. The number of aromatic nitrogens is 3. The molecule has 0 fully saturated rings. The molecule has 8 heteroatoms. The average Bonchev–Trinajstić information content (AvgIpc) is 3.04. The van der Waals surface area contributed by atoms with Crippen molar-refractivity contribution in [2.45, 2.75) is 0 Å². The molecule has 7 nitrogen and oxygen atoms in total. The molecule has 0 spiro atoms. The minimum Gasteiger partial charge on any atom is -0.477 e. The lowest BCUT2D eigenvalue weighted by Gasteiger charge is -2.00. The standard InChI is InChI=1S/C12H8N4O3S/c17-11(15-10-2-1-9(20-10)12(18)19)7-5-14-16-4-3-13-6-8(7)16/h1-6H,(H,15,17)(H,18,19). The van der Waals surface area contributed by atoms with E-state index < -0.39 is 5.97 Å². The van der Waals surface area contributed by atoms with E-state index >= 15 is 0 Å². The van der Waals surface area contributed by atoms with Crippen LogP contribution in [0.1, 0.15) is 20.0 Å². The molecule has 3 aromatic rings. The summed E-state index contributed by atoms with van der Waals surface area (Å²) >= 11 is 0.998. The van der Waals surface area contributed by atoms with Crippen LogP contribution in [0, 0.1) is 0 Å². The Balaban J connectivity index is 1.87. The molecule has 1 amide bonds. The fourth-order valence-electron chi connectivity index (χ4n) is 1.71. The molecule has 0 aliphatic carbocycles. The van der Waals surface area contributed by atoms with Crippen LogP contribution in [-0.4, -0.2) is 31.6 Å². The van der Waals surface area contributed by atoms with Crippen LogP contribution in [0.25, 0.3) is 5.52 Å². The van der Waals surface area contributed by atoms with Crippen molar-refractivity contribution >= 4 is 33.7 Å². The topological polar surface area (TPSA) is 96.6 Å². The van der Waals surface area contributed by atoms with Gasteiger partial charge in [-0.25, -0.2) is 9.31 Å². The number of carboxylic acids is 1. The number of fused-ring (bicyclic) bond motifs is 1. The zero-order chi connectivity index (χ0) is 14.1. The molecule has 3 aromatic heterocycles. The summed E-state index contributed by atoms with van der Waals surface area (Å²) in [5.74, 6) is -1.37. The molecule has 0 atom stereocenters. The van der Waals surface area contributed by atoms with E-state index in [9.17, 15) is 9.59 Å². The number of hydrogen-bond donors (Lipinski definition) is 2. The molecule has 3 rings (SSSR count). The van der Waals surface area contributed by atoms with Gasteiger partial charge in [0.05, 0.1) is 28.5 Å². The number of carboxylic acid groups (broad SMARTS) is 1. The first kappa shape index (κ1) is 12.3. The maximum absolute atomic E-state index is 12.1. The highest BCUT2D eigenvalue weighted by Gasteiger charge is 2.14. The first-order valence-corrected chi connectivity index (χ1v) is 6.38. The molecule has 0 saturated carbocycles. The van der Waals surface area contributed by atoms with E-state index in [-0.39, 0.29) is 10.8 Å². The van der Waals surface area contributed by atoms with Crippen LogP contribution in [0.5, 0.6) is 0 Å². The Kier molecular flexibility index (Phi) is 2.92. The van der Waals surface area contributed by atoms with Gasteiger partial charge in [0.1, 0.15) is 4.88 Å². The Morgan fingerprint density at radius 1 is 1.30 bits per heavy atom. The Morgan fingerprint density at radius 3 is 2.90 bits per heavy atom. The summed E-state index contributed by atoms with van der Waals surface area (Å²) in [5, 5.41) is 16.0. The molecule has 2 N–H and O–H groups in total. The summed E-state index contributed by atoms with van der Waals surface area (Å²) in [6.07, 6.45) is 6.19. The van der Waals surface area contributed by atoms with Crippen molar-refractivity contribution in [2.75, 3.05) is 5.32 Å². The van der Waals surface area contributed by atoms with Crippen molar-refractivity contribution in [1.82, 2.24) is 14.6 Å². The molecular weight excluding hydrogens is 280 g/mol. The summed E-state index contributed by atoms with van der Waals surface area (Å²) in [6.45, 7) is 0. The minimum absolute atomic E-state index is 0.168. The molecule has 0 aliphatic rings. The lowest BCUT2D eigenvalue weighted by atomic mass is 10.3. The third-order valence-electron chi connectivity index (χ3n) is 2.62. The van der Waals surface area contributed by atoms with E-state index in [4.69, 9.17) is 5.11 Å². The number of carbonyl (C=O) groups is 2. The number of carbonyl (C=O) groups excluding carboxylic acids is 1. The monoisotopic (exact) mass is 288 g/mol. The second-order valence-electron chi connectivity index (χ2n) is 3.89. The summed E-state index contributed by atoms with van der Waals surface area (Å²) in [7, 11) is 0. The predicted molar refractivity (Wildman–Crippen MR) is 72.2 cm³/mol. The van der Waals surface area contributed by atoms with E-state index in [0.717, 1.165) is 11.3 Å². The first-order valence-electron chi connectivity index (χ1n) is 5.57. The molecule has 3 heterocycles. The zero-order valence-electron chi connectivity index (χ0n) is 9.98. The van der Waals surface area contributed by atoms with E-state index in [1.807, 2.05) is 0 Å². The highest BCUT2D eigenvalue weighted by Crippen LogP contribution is 2.23. The molecule has 20 heavy (non-hydrogen) atoms. The van der Waals surface area contributed by atoms with Gasteiger partial charge in [0.25, 0.3) is 5.91 Å². The van der Waals surface area contributed by atoms with E-state index in [1.54, 1.807) is 29.2 Å². The normalized spacial score (nSPS) is 10.6. The van der Waals surface area contributed by atoms with Gasteiger partial charge in [-0.15, -0.1) is 11.3 Å². The van der Waals surface area contributed by atoms with Crippen LogP contribution in [0.4, 0.5) is 5.00 Å². The van der Waals surface area contributed by atoms with Crippen LogP contribution < -0.4 is 5.32 Å². The number of nitrogens with zero attached hydrogens (tertiary/aromatic N) is 3. The van der Waals surface area contributed by atoms with Gasteiger partial charge < -0.3 is 10.4 Å². The highest BCUT2D eigenvalue weighted by atomic mass is 32.1. The van der Waals surface area contributed by atoms with Crippen molar-refractivity contribution in [3.8, 4) is 0 Å². The first-order chi connectivity index (χ1) is 9.65. The molecule has 0 radical (unpaired) electrons. The lowest BCUT2D eigenvalue weighted by molar-refractivity contribution is 0.0702. The van der Waals surface area contributed by atoms with Crippen LogP contribution in [0.15, 0.2) is 36.9 Å². The third kappa shape index (κ3) is 2.12. The molecule has 0 unspecified atom stereocenters. The predicted octanol–water partition coefficient (Wildman–Crippen LogP) is 1.74. The lowest BCUT2D eigenvalue weighted by Crippen LogP contribution is -2.10. The average molecular weight is 288 g/mol. The summed E-state index contributed by atoms with van der Waals surface area (Å²) in [6, 6.07) is 3.00. The van der Waals surface area contributed by atoms with Gasteiger partial charge in [0, 0.05) is 12.4 Å². The number of hydrogen-bond acceptors (Lipinski definition) is 5. The van der Waals surface area contributed by atoms with Crippen molar-refractivity contribution < 1.29 is 14.7 Å². The van der Waals surface area contributed by atoms with Crippen LogP contribution >= 0.6 is 11.3 Å². The fraction of sp³-hybridized carbons (Fsp3) is 0. The smallest absolute Gasteiger partial charge is 0.345 e. The SMILES string of the molecule is O=C(O)c1ccc(NC(=O)c2cnn3ccncc23)s1. The van der Waals surface area contributed by atoms with Crippen LogP contribution in [0.3, 0.4) is 0 Å².